The van der Waals surface area contributed by atoms with Crippen LogP contribution in [0.3, 0.4) is 0 Å². The molecule has 1 atom stereocenters. The van der Waals surface area contributed by atoms with Gasteiger partial charge in [-0.05, 0) is 42.3 Å². The van der Waals surface area contributed by atoms with Gasteiger partial charge in [0.1, 0.15) is 30.5 Å². The third kappa shape index (κ3) is 6.02. The number of amides is 1. The van der Waals surface area contributed by atoms with Crippen molar-refractivity contribution in [3.05, 3.63) is 66.0 Å². The maximum absolute atomic E-state index is 13.8. The Morgan fingerprint density at radius 2 is 2.09 bits per heavy atom. The van der Waals surface area contributed by atoms with Crippen molar-refractivity contribution in [2.24, 2.45) is 0 Å². The first kappa shape index (κ1) is 24.3. The van der Waals surface area contributed by atoms with E-state index in [2.05, 4.69) is 20.6 Å². The minimum Gasteiger partial charge on any atom is -0.493 e. The highest BCUT2D eigenvalue weighted by molar-refractivity contribution is 6.17. The first-order valence-corrected chi connectivity index (χ1v) is 11.3. The quantitative estimate of drug-likeness (QED) is 0.195. The number of carbonyl (C=O) groups excluding carboxylic acids is 2. The van der Waals surface area contributed by atoms with E-state index in [1.807, 2.05) is 0 Å². The minimum atomic E-state index is -1.15. The zero-order valence-electron chi connectivity index (χ0n) is 18.4. The van der Waals surface area contributed by atoms with Crippen molar-refractivity contribution >= 4 is 45.9 Å². The molecule has 0 radical (unpaired) electrons. The van der Waals surface area contributed by atoms with Gasteiger partial charge in [-0.25, -0.2) is 23.5 Å². The molecule has 0 saturated carbocycles. The van der Waals surface area contributed by atoms with Gasteiger partial charge in [-0.2, -0.15) is 0 Å². The van der Waals surface area contributed by atoms with E-state index < -0.39 is 29.6 Å². The van der Waals surface area contributed by atoms with Crippen LogP contribution >= 0.6 is 11.6 Å². The van der Waals surface area contributed by atoms with Crippen LogP contribution in [-0.4, -0.2) is 47.0 Å². The third-order valence-electron chi connectivity index (χ3n) is 5.12. The second-order valence-electron chi connectivity index (χ2n) is 7.67. The summed E-state index contributed by atoms with van der Waals surface area (Å²) in [6.45, 7) is 0.385. The molecule has 0 aliphatic carbocycles. The van der Waals surface area contributed by atoms with Gasteiger partial charge >= 0.3 is 5.97 Å². The van der Waals surface area contributed by atoms with Crippen molar-refractivity contribution in [1.82, 2.24) is 9.97 Å². The first-order chi connectivity index (χ1) is 16.9. The third-order valence-corrected chi connectivity index (χ3v) is 5.38. The summed E-state index contributed by atoms with van der Waals surface area (Å²) in [6.07, 6.45) is 3.46. The lowest BCUT2D eigenvalue weighted by Gasteiger charge is -2.22. The molecule has 11 heteroatoms. The highest BCUT2D eigenvalue weighted by Crippen LogP contribution is 2.26. The molecule has 4 rings (SSSR count). The average molecular weight is 503 g/mol. The molecule has 0 spiro atoms. The van der Waals surface area contributed by atoms with E-state index in [-0.39, 0.29) is 18.7 Å². The van der Waals surface area contributed by atoms with Crippen LogP contribution in [0.25, 0.3) is 10.9 Å². The fourth-order valence-electron chi connectivity index (χ4n) is 3.45. The van der Waals surface area contributed by atoms with Crippen molar-refractivity contribution in [1.29, 1.82) is 0 Å². The number of halogens is 3. The summed E-state index contributed by atoms with van der Waals surface area (Å²) in [6, 6.07) is 7.88. The Morgan fingerprint density at radius 3 is 2.91 bits per heavy atom. The number of ether oxygens (including phenoxy) is 2. The standard InChI is InChI=1S/C24H21ClF2N4O4/c25-7-2-8-34-15-5-6-16-19(11-15)28-13-29-23(16)31-20-9-14(12-35-24(20)33)10-21(32)30-18-4-1-3-17(26)22(18)27/h1,3-6,9,11,13,20H,2,7-8,10,12H2,(H,30,32)(H,28,29,31). The predicted octanol–water partition coefficient (Wildman–Crippen LogP) is 4.21. The van der Waals surface area contributed by atoms with Crippen LogP contribution in [-0.2, 0) is 14.3 Å². The number of carbonyl (C=O) groups is 2. The molecule has 8 nitrogen and oxygen atoms in total. The van der Waals surface area contributed by atoms with Gasteiger partial charge in [0.2, 0.25) is 5.91 Å². The molecule has 0 fully saturated rings. The number of anilines is 2. The SMILES string of the molecule is O=C(CC1=CC(Nc2ncnc3cc(OCCCCl)ccc23)C(=O)OC1)Nc1cccc(F)c1F. The van der Waals surface area contributed by atoms with Crippen LogP contribution in [0.2, 0.25) is 0 Å². The zero-order valence-corrected chi connectivity index (χ0v) is 19.1. The maximum atomic E-state index is 13.8. The molecule has 0 saturated heterocycles. The van der Waals surface area contributed by atoms with Crippen LogP contribution in [0.4, 0.5) is 20.3 Å². The Morgan fingerprint density at radius 1 is 1.23 bits per heavy atom. The number of nitrogens with zero attached hydrogens (tertiary/aromatic N) is 2. The summed E-state index contributed by atoms with van der Waals surface area (Å²) in [5.41, 5.74) is 0.831. The lowest BCUT2D eigenvalue weighted by atomic mass is 10.1. The molecule has 1 aromatic heterocycles. The summed E-state index contributed by atoms with van der Waals surface area (Å²) in [5.74, 6) is -1.80. The van der Waals surface area contributed by atoms with Gasteiger partial charge in [0.25, 0.3) is 0 Å². The van der Waals surface area contributed by atoms with E-state index in [4.69, 9.17) is 21.1 Å². The van der Waals surface area contributed by atoms with Gasteiger partial charge < -0.3 is 20.1 Å². The molecule has 0 bridgehead atoms. The van der Waals surface area contributed by atoms with E-state index in [0.717, 1.165) is 6.07 Å². The van der Waals surface area contributed by atoms with Gasteiger partial charge in [0, 0.05) is 17.3 Å². The fourth-order valence-corrected chi connectivity index (χ4v) is 3.56. The van der Waals surface area contributed by atoms with Crippen molar-refractivity contribution < 1.29 is 27.8 Å². The van der Waals surface area contributed by atoms with E-state index in [0.29, 0.717) is 47.0 Å². The number of hydrogen-bond donors (Lipinski definition) is 2. The number of nitrogens with one attached hydrogen (secondary N) is 2. The molecule has 2 heterocycles. The highest BCUT2D eigenvalue weighted by atomic mass is 35.5. The number of hydrogen-bond acceptors (Lipinski definition) is 7. The summed E-state index contributed by atoms with van der Waals surface area (Å²) < 4.78 is 38.0. The lowest BCUT2D eigenvalue weighted by molar-refractivity contribution is -0.143. The van der Waals surface area contributed by atoms with E-state index in [1.54, 1.807) is 24.3 Å². The smallest absolute Gasteiger partial charge is 0.333 e. The number of aromatic nitrogens is 2. The molecule has 182 valence electrons. The van der Waals surface area contributed by atoms with Crippen LogP contribution in [0.5, 0.6) is 5.75 Å². The zero-order chi connectivity index (χ0) is 24.8. The molecule has 2 N–H and O–H groups in total. The van der Waals surface area contributed by atoms with Crippen LogP contribution in [0.1, 0.15) is 12.8 Å². The number of alkyl halides is 1. The molecule has 1 amide bonds. The van der Waals surface area contributed by atoms with Crippen LogP contribution in [0.15, 0.2) is 54.4 Å². The second kappa shape index (κ2) is 11.1. The van der Waals surface area contributed by atoms with Gasteiger partial charge in [-0.15, -0.1) is 11.6 Å². The van der Waals surface area contributed by atoms with E-state index in [1.165, 1.54) is 18.5 Å². The van der Waals surface area contributed by atoms with Gasteiger partial charge in [-0.1, -0.05) is 6.07 Å². The number of cyclic esters (lactones) is 1. The van der Waals surface area contributed by atoms with E-state index in [9.17, 15) is 18.4 Å². The molecule has 35 heavy (non-hydrogen) atoms. The molecule has 2 aromatic carbocycles. The summed E-state index contributed by atoms with van der Waals surface area (Å²) in [5, 5.41) is 6.00. The fraction of sp³-hybridized carbons (Fsp3) is 0.250. The monoisotopic (exact) mass is 502 g/mol. The number of rotatable bonds is 9. The number of benzene rings is 2. The largest absolute Gasteiger partial charge is 0.493 e. The maximum Gasteiger partial charge on any atom is 0.333 e. The lowest BCUT2D eigenvalue weighted by Crippen LogP contribution is -2.35. The molecule has 3 aromatic rings. The van der Waals surface area contributed by atoms with Gasteiger partial charge in [0.05, 0.1) is 24.2 Å². The van der Waals surface area contributed by atoms with Crippen molar-refractivity contribution in [2.45, 2.75) is 18.9 Å². The predicted molar refractivity (Wildman–Crippen MR) is 126 cm³/mol. The topological polar surface area (TPSA) is 102 Å². The van der Waals surface area contributed by atoms with Crippen LogP contribution < -0.4 is 15.4 Å². The number of esters is 1. The van der Waals surface area contributed by atoms with Gasteiger partial charge in [0.15, 0.2) is 11.6 Å². The number of fused-ring (bicyclic) bond motifs is 1. The molecule has 1 aliphatic rings. The normalized spacial score (nSPS) is 15.3. The minimum absolute atomic E-state index is 0.0937. The molecular weight excluding hydrogens is 482 g/mol. The molecule has 1 unspecified atom stereocenters. The average Bonchev–Trinajstić information content (AvgIpc) is 2.84. The Kier molecular flexibility index (Phi) is 7.71. The molecule has 1 aliphatic heterocycles. The van der Waals surface area contributed by atoms with E-state index >= 15 is 0 Å². The molecular formula is C24H21ClF2N4O4. The first-order valence-electron chi connectivity index (χ1n) is 10.7. The Hall–Kier alpha value is -3.79. The van der Waals surface area contributed by atoms with Crippen molar-refractivity contribution in [2.75, 3.05) is 29.7 Å². The van der Waals surface area contributed by atoms with Gasteiger partial charge in [-0.3, -0.25) is 4.79 Å². The Bertz CT molecular complexity index is 1290. The van der Waals surface area contributed by atoms with Crippen molar-refractivity contribution in [3.63, 3.8) is 0 Å². The summed E-state index contributed by atoms with van der Waals surface area (Å²) in [7, 11) is 0. The summed E-state index contributed by atoms with van der Waals surface area (Å²) >= 11 is 5.67. The van der Waals surface area contributed by atoms with Crippen molar-refractivity contribution in [3.8, 4) is 5.75 Å². The Balaban J connectivity index is 1.47. The Labute approximate surface area is 204 Å². The van der Waals surface area contributed by atoms with Crippen LogP contribution in [0, 0.1) is 11.6 Å². The highest BCUT2D eigenvalue weighted by Gasteiger charge is 2.26. The second-order valence-corrected chi connectivity index (χ2v) is 8.05. The summed E-state index contributed by atoms with van der Waals surface area (Å²) in [4.78, 5) is 33.2.